The zero-order chi connectivity index (χ0) is 18.8. The predicted octanol–water partition coefficient (Wildman–Crippen LogP) is 3.89. The second-order valence-corrected chi connectivity index (χ2v) is 11.7. The van der Waals surface area contributed by atoms with Crippen LogP contribution in [0.2, 0.25) is 5.04 Å². The van der Waals surface area contributed by atoms with Crippen LogP contribution in [0.4, 0.5) is 0 Å². The molecule has 0 saturated heterocycles. The van der Waals surface area contributed by atoms with Crippen LogP contribution in [0, 0.1) is 6.92 Å². The molecule has 1 aromatic heterocycles. The first-order chi connectivity index (χ1) is 12.4. The van der Waals surface area contributed by atoms with Gasteiger partial charge in [0.2, 0.25) is 5.43 Å². The van der Waals surface area contributed by atoms with Crippen molar-refractivity contribution in [2.75, 3.05) is 0 Å². The van der Waals surface area contributed by atoms with Crippen molar-refractivity contribution in [2.45, 2.75) is 32.7 Å². The zero-order valence-electron chi connectivity index (χ0n) is 15.7. The third kappa shape index (κ3) is 3.13. The molecule has 0 N–H and O–H groups in total. The van der Waals surface area contributed by atoms with Gasteiger partial charge in [-0.1, -0.05) is 81.4 Å². The summed E-state index contributed by atoms with van der Waals surface area (Å²) in [6.07, 6.45) is 1.41. The van der Waals surface area contributed by atoms with Gasteiger partial charge >= 0.3 is 8.32 Å². The van der Waals surface area contributed by atoms with E-state index < -0.39 is 8.32 Å². The minimum absolute atomic E-state index is 0.151. The van der Waals surface area contributed by atoms with Crippen molar-refractivity contribution in [2.24, 2.45) is 0 Å². The van der Waals surface area contributed by atoms with E-state index in [0.717, 1.165) is 10.4 Å². The van der Waals surface area contributed by atoms with Gasteiger partial charge in [-0.3, -0.25) is 4.79 Å². The highest BCUT2D eigenvalue weighted by molar-refractivity contribution is 7.00. The number of rotatable bonds is 4. The molecule has 0 aliphatic rings. The van der Waals surface area contributed by atoms with Crippen LogP contribution >= 0.6 is 0 Å². The molecule has 0 atom stereocenters. The predicted molar refractivity (Wildman–Crippen MR) is 108 cm³/mol. The molecular weight excluding hydrogens is 340 g/mol. The van der Waals surface area contributed by atoms with Crippen molar-refractivity contribution >= 4 is 18.7 Å². The highest BCUT2D eigenvalue weighted by Crippen LogP contribution is 2.37. The summed E-state index contributed by atoms with van der Waals surface area (Å²) in [6.45, 7) is 8.31. The fourth-order valence-electron chi connectivity index (χ4n) is 3.43. The van der Waals surface area contributed by atoms with Gasteiger partial charge in [0, 0.05) is 6.07 Å². The van der Waals surface area contributed by atoms with Gasteiger partial charge in [0.25, 0.3) is 0 Å². The first kappa shape index (κ1) is 18.2. The second-order valence-electron chi connectivity index (χ2n) is 7.44. The van der Waals surface area contributed by atoms with Crippen molar-refractivity contribution in [1.82, 2.24) is 0 Å². The summed E-state index contributed by atoms with van der Waals surface area (Å²) < 4.78 is 12.2. The molecule has 0 bridgehead atoms. The van der Waals surface area contributed by atoms with Gasteiger partial charge in [-0.05, 0) is 22.3 Å². The third-order valence-corrected chi connectivity index (χ3v) is 9.60. The van der Waals surface area contributed by atoms with Crippen molar-refractivity contribution in [1.29, 1.82) is 0 Å². The largest absolute Gasteiger partial charge is 0.529 e. The zero-order valence-corrected chi connectivity index (χ0v) is 16.7. The number of hydrogen-bond acceptors (Lipinski definition) is 3. The van der Waals surface area contributed by atoms with Gasteiger partial charge in [0.1, 0.15) is 5.76 Å². The molecule has 0 aliphatic carbocycles. The molecule has 0 spiro atoms. The lowest BCUT2D eigenvalue weighted by atomic mass is 10.2. The van der Waals surface area contributed by atoms with E-state index in [2.05, 4.69) is 45.0 Å². The molecule has 0 radical (unpaired) electrons. The number of benzene rings is 2. The van der Waals surface area contributed by atoms with E-state index >= 15 is 0 Å². The van der Waals surface area contributed by atoms with E-state index in [1.165, 1.54) is 12.3 Å². The third-order valence-electron chi connectivity index (χ3n) is 4.68. The molecule has 0 unspecified atom stereocenters. The maximum absolute atomic E-state index is 12.5. The van der Waals surface area contributed by atoms with Gasteiger partial charge in [-0.25, -0.2) is 0 Å². The van der Waals surface area contributed by atoms with Gasteiger partial charge in [0.05, 0.1) is 6.26 Å². The molecule has 0 amide bonds. The summed E-state index contributed by atoms with van der Waals surface area (Å²) in [7, 11) is -2.81. The quantitative estimate of drug-likeness (QED) is 0.660. The summed E-state index contributed by atoms with van der Waals surface area (Å²) in [5.74, 6) is 0.812. The standard InChI is InChI=1S/C22H24O3Si/c1-17-21(20(23)15-16-24-17)25-26(22(2,3)4,18-11-7-5-8-12-18)19-13-9-6-10-14-19/h5-16H,1-4H3. The van der Waals surface area contributed by atoms with Crippen LogP contribution in [-0.4, -0.2) is 8.32 Å². The van der Waals surface area contributed by atoms with Gasteiger partial charge in [-0.2, -0.15) is 0 Å². The van der Waals surface area contributed by atoms with Crippen LogP contribution < -0.4 is 20.2 Å². The fraction of sp³-hybridized carbons (Fsp3) is 0.227. The first-order valence-corrected chi connectivity index (χ1v) is 10.7. The highest BCUT2D eigenvalue weighted by atomic mass is 28.4. The Morgan fingerprint density at radius 2 is 1.35 bits per heavy atom. The van der Waals surface area contributed by atoms with E-state index in [0.29, 0.717) is 11.5 Å². The SMILES string of the molecule is Cc1occc(=O)c1O[Si](c1ccccc1)(c1ccccc1)C(C)(C)C. The summed E-state index contributed by atoms with van der Waals surface area (Å²) in [6, 6.07) is 21.9. The Hall–Kier alpha value is -2.59. The van der Waals surface area contributed by atoms with Crippen molar-refractivity contribution < 1.29 is 8.84 Å². The normalized spacial score (nSPS) is 12.0. The average molecular weight is 365 g/mol. The molecular formula is C22H24O3Si. The van der Waals surface area contributed by atoms with Crippen LogP contribution in [0.3, 0.4) is 0 Å². The summed E-state index contributed by atoms with van der Waals surface area (Å²) in [4.78, 5) is 12.5. The van der Waals surface area contributed by atoms with Crippen LogP contribution in [0.25, 0.3) is 0 Å². The second kappa shape index (κ2) is 6.96. The van der Waals surface area contributed by atoms with E-state index in [1.807, 2.05) is 36.4 Å². The molecule has 0 saturated carbocycles. The Bertz CT molecular complexity index is 885. The molecule has 3 aromatic rings. The Morgan fingerprint density at radius 3 is 1.77 bits per heavy atom. The Balaban J connectivity index is 2.33. The maximum Gasteiger partial charge on any atom is 0.320 e. The number of aryl methyl sites for hydroxylation is 1. The number of hydrogen-bond donors (Lipinski definition) is 0. The Labute approximate surface area is 155 Å². The average Bonchev–Trinajstić information content (AvgIpc) is 2.62. The lowest BCUT2D eigenvalue weighted by Gasteiger charge is -2.42. The van der Waals surface area contributed by atoms with Crippen LogP contribution in [0.1, 0.15) is 26.5 Å². The lowest BCUT2D eigenvalue weighted by Crippen LogP contribution is -2.69. The molecule has 3 nitrogen and oxygen atoms in total. The molecule has 134 valence electrons. The smallest absolute Gasteiger partial charge is 0.320 e. The molecule has 26 heavy (non-hydrogen) atoms. The minimum atomic E-state index is -2.81. The summed E-state index contributed by atoms with van der Waals surface area (Å²) in [5.41, 5.74) is -0.151. The van der Waals surface area contributed by atoms with Crippen LogP contribution in [0.5, 0.6) is 5.75 Å². The highest BCUT2D eigenvalue weighted by Gasteiger charge is 2.52. The van der Waals surface area contributed by atoms with Crippen molar-refractivity contribution in [3.63, 3.8) is 0 Å². The monoisotopic (exact) mass is 364 g/mol. The van der Waals surface area contributed by atoms with E-state index in [1.54, 1.807) is 6.92 Å². The summed E-state index contributed by atoms with van der Waals surface area (Å²) >= 11 is 0. The van der Waals surface area contributed by atoms with Crippen LogP contribution in [0.15, 0.2) is 82.2 Å². The van der Waals surface area contributed by atoms with Crippen molar-refractivity contribution in [3.05, 3.63) is 89.0 Å². The fourth-order valence-corrected chi connectivity index (χ4v) is 7.91. The molecule has 4 heteroatoms. The maximum atomic E-state index is 12.5. The Morgan fingerprint density at radius 1 is 0.846 bits per heavy atom. The molecule has 0 fully saturated rings. The first-order valence-electron chi connectivity index (χ1n) is 8.75. The lowest BCUT2D eigenvalue weighted by molar-refractivity contribution is 0.442. The van der Waals surface area contributed by atoms with Gasteiger partial charge in [0.15, 0.2) is 5.75 Å². The van der Waals surface area contributed by atoms with E-state index in [9.17, 15) is 4.79 Å². The molecule has 2 aromatic carbocycles. The minimum Gasteiger partial charge on any atom is -0.529 e. The van der Waals surface area contributed by atoms with Crippen molar-refractivity contribution in [3.8, 4) is 5.75 Å². The van der Waals surface area contributed by atoms with E-state index in [-0.39, 0.29) is 10.5 Å². The van der Waals surface area contributed by atoms with Crippen LogP contribution in [-0.2, 0) is 0 Å². The molecule has 0 aliphatic heterocycles. The van der Waals surface area contributed by atoms with Gasteiger partial charge in [-0.15, -0.1) is 0 Å². The molecule has 1 heterocycles. The summed E-state index contributed by atoms with van der Waals surface area (Å²) in [5, 5.41) is 2.05. The Kier molecular flexibility index (Phi) is 4.87. The van der Waals surface area contributed by atoms with E-state index in [4.69, 9.17) is 8.84 Å². The molecule has 3 rings (SSSR count). The van der Waals surface area contributed by atoms with Gasteiger partial charge < -0.3 is 8.84 Å². The topological polar surface area (TPSA) is 39.4 Å².